The van der Waals surface area contributed by atoms with E-state index >= 15 is 0 Å². The molecule has 0 aliphatic rings. The van der Waals surface area contributed by atoms with Crippen molar-refractivity contribution in [1.82, 2.24) is 9.78 Å². The summed E-state index contributed by atoms with van der Waals surface area (Å²) < 4.78 is 12.4. The number of nitrogens with zero attached hydrogens (tertiary/aromatic N) is 2. The molecule has 0 radical (unpaired) electrons. The number of nitrogens with one attached hydrogen (secondary N) is 1. The van der Waals surface area contributed by atoms with Crippen LogP contribution < -0.4 is 10.1 Å². The van der Waals surface area contributed by atoms with E-state index in [1.165, 1.54) is 0 Å². The van der Waals surface area contributed by atoms with Crippen molar-refractivity contribution < 1.29 is 19.1 Å². The maximum absolute atomic E-state index is 12.1. The van der Waals surface area contributed by atoms with Crippen LogP contribution in [0.5, 0.6) is 5.75 Å². The number of rotatable bonds is 9. The number of anilines is 1. The van der Waals surface area contributed by atoms with Gasteiger partial charge in [-0.25, -0.2) is 4.79 Å². The van der Waals surface area contributed by atoms with Gasteiger partial charge in [-0.15, -0.1) is 0 Å². The Balaban J connectivity index is 1.81. The number of unbranched alkanes of at least 4 members (excludes halogenated alkanes) is 2. The number of hydrogen-bond donors (Lipinski definition) is 1. The van der Waals surface area contributed by atoms with E-state index in [0.29, 0.717) is 29.3 Å². The number of carbonyl (C=O) groups is 2. The van der Waals surface area contributed by atoms with E-state index in [-0.39, 0.29) is 6.61 Å². The number of aromatic nitrogens is 2. The van der Waals surface area contributed by atoms with Crippen molar-refractivity contribution in [3.05, 3.63) is 41.2 Å². The number of hydrogen-bond acceptors (Lipinski definition) is 5. The van der Waals surface area contributed by atoms with Crippen molar-refractivity contribution in [3.63, 3.8) is 0 Å². The summed E-state index contributed by atoms with van der Waals surface area (Å²) in [5.74, 6) is -0.247. The first-order valence-electron chi connectivity index (χ1n) is 9.12. The van der Waals surface area contributed by atoms with Gasteiger partial charge in [-0.3, -0.25) is 9.48 Å². The van der Waals surface area contributed by atoms with Crippen LogP contribution in [-0.4, -0.2) is 34.9 Å². The maximum Gasteiger partial charge on any atom is 0.338 e. The van der Waals surface area contributed by atoms with E-state index in [4.69, 9.17) is 9.47 Å². The molecule has 27 heavy (non-hydrogen) atoms. The molecule has 1 N–H and O–H groups in total. The monoisotopic (exact) mass is 373 g/mol. The Morgan fingerprint density at radius 1 is 1.15 bits per heavy atom. The zero-order valence-electron chi connectivity index (χ0n) is 16.4. The van der Waals surface area contributed by atoms with Crippen LogP contribution in [0, 0.1) is 13.8 Å². The minimum atomic E-state index is -0.553. The Morgan fingerprint density at radius 2 is 1.85 bits per heavy atom. The van der Waals surface area contributed by atoms with Gasteiger partial charge in [-0.05, 0) is 44.5 Å². The zero-order chi connectivity index (χ0) is 19.8. The predicted octanol–water partition coefficient (Wildman–Crippen LogP) is 3.40. The summed E-state index contributed by atoms with van der Waals surface area (Å²) in [7, 11) is 1.80. The normalized spacial score (nSPS) is 10.5. The predicted molar refractivity (Wildman–Crippen MR) is 103 cm³/mol. The molecule has 0 saturated heterocycles. The molecular formula is C20H27N3O4. The van der Waals surface area contributed by atoms with E-state index in [1.807, 2.05) is 6.92 Å². The van der Waals surface area contributed by atoms with E-state index < -0.39 is 11.9 Å². The van der Waals surface area contributed by atoms with Gasteiger partial charge in [0.05, 0.1) is 29.2 Å². The third-order valence-electron chi connectivity index (χ3n) is 4.21. The Hall–Kier alpha value is -2.83. The van der Waals surface area contributed by atoms with Gasteiger partial charge in [0.1, 0.15) is 5.75 Å². The third-order valence-corrected chi connectivity index (χ3v) is 4.21. The summed E-state index contributed by atoms with van der Waals surface area (Å²) in [4.78, 5) is 24.1. The maximum atomic E-state index is 12.1. The number of aryl methyl sites for hydroxylation is 2. The van der Waals surface area contributed by atoms with Gasteiger partial charge >= 0.3 is 5.97 Å². The largest absolute Gasteiger partial charge is 0.494 e. The van der Waals surface area contributed by atoms with Gasteiger partial charge in [0, 0.05) is 7.05 Å². The summed E-state index contributed by atoms with van der Waals surface area (Å²) in [6, 6.07) is 6.71. The molecule has 0 aliphatic carbocycles. The Kier molecular flexibility index (Phi) is 7.40. The lowest BCUT2D eigenvalue weighted by molar-refractivity contribution is -0.119. The number of benzene rings is 1. The highest BCUT2D eigenvalue weighted by molar-refractivity contribution is 5.96. The standard InChI is InChI=1S/C20H27N3O4/c1-5-6-7-12-26-17-10-8-16(9-11-17)20(25)27-13-18(24)21-19-14(2)22-23(4)15(19)3/h8-11H,5-7,12-13H2,1-4H3,(H,21,24). The van der Waals surface area contributed by atoms with Crippen molar-refractivity contribution in [1.29, 1.82) is 0 Å². The van der Waals surface area contributed by atoms with Crippen LogP contribution >= 0.6 is 0 Å². The second kappa shape index (κ2) is 9.75. The highest BCUT2D eigenvalue weighted by Crippen LogP contribution is 2.18. The van der Waals surface area contributed by atoms with Crippen molar-refractivity contribution in [2.75, 3.05) is 18.5 Å². The van der Waals surface area contributed by atoms with Crippen LogP contribution in [0.15, 0.2) is 24.3 Å². The van der Waals surface area contributed by atoms with Gasteiger partial charge in [0.25, 0.3) is 5.91 Å². The molecule has 1 heterocycles. The SMILES string of the molecule is CCCCCOc1ccc(C(=O)OCC(=O)Nc2c(C)nn(C)c2C)cc1. The molecule has 1 amide bonds. The number of esters is 1. The van der Waals surface area contributed by atoms with E-state index in [9.17, 15) is 9.59 Å². The molecule has 7 heteroatoms. The average Bonchev–Trinajstić information content (AvgIpc) is 2.90. The molecule has 7 nitrogen and oxygen atoms in total. The topological polar surface area (TPSA) is 82.4 Å². The fourth-order valence-electron chi connectivity index (χ4n) is 2.57. The van der Waals surface area contributed by atoms with Crippen molar-refractivity contribution in [2.45, 2.75) is 40.0 Å². The van der Waals surface area contributed by atoms with Crippen LogP contribution in [-0.2, 0) is 16.6 Å². The van der Waals surface area contributed by atoms with Crippen LogP contribution in [0.2, 0.25) is 0 Å². The molecule has 0 aliphatic heterocycles. The minimum Gasteiger partial charge on any atom is -0.494 e. The Labute approximate surface area is 159 Å². The quantitative estimate of drug-likeness (QED) is 0.538. The lowest BCUT2D eigenvalue weighted by atomic mass is 10.2. The summed E-state index contributed by atoms with van der Waals surface area (Å²) in [6.07, 6.45) is 3.28. The first kappa shape index (κ1) is 20.5. The molecule has 1 aromatic carbocycles. The number of carbonyl (C=O) groups excluding carboxylic acids is 2. The number of ether oxygens (including phenoxy) is 2. The molecule has 146 valence electrons. The highest BCUT2D eigenvalue weighted by atomic mass is 16.5. The van der Waals surface area contributed by atoms with Gasteiger partial charge in [-0.2, -0.15) is 5.10 Å². The molecule has 0 unspecified atom stereocenters. The minimum absolute atomic E-state index is 0.359. The lowest BCUT2D eigenvalue weighted by Gasteiger charge is -2.08. The second-order valence-corrected chi connectivity index (χ2v) is 6.37. The van der Waals surface area contributed by atoms with Crippen LogP contribution in [0.1, 0.15) is 47.9 Å². The zero-order valence-corrected chi connectivity index (χ0v) is 16.4. The Bertz CT molecular complexity index is 781. The van der Waals surface area contributed by atoms with Gasteiger partial charge < -0.3 is 14.8 Å². The van der Waals surface area contributed by atoms with Crippen LogP contribution in [0.3, 0.4) is 0 Å². The second-order valence-electron chi connectivity index (χ2n) is 6.37. The molecule has 0 atom stereocenters. The van der Waals surface area contributed by atoms with Crippen molar-refractivity contribution in [3.8, 4) is 5.75 Å². The molecule has 2 rings (SSSR count). The smallest absolute Gasteiger partial charge is 0.338 e. The van der Waals surface area contributed by atoms with Gasteiger partial charge in [-0.1, -0.05) is 19.8 Å². The summed E-state index contributed by atoms with van der Waals surface area (Å²) in [5, 5.41) is 6.96. The van der Waals surface area contributed by atoms with Gasteiger partial charge in [0.2, 0.25) is 0 Å². The van der Waals surface area contributed by atoms with Crippen molar-refractivity contribution in [2.24, 2.45) is 7.05 Å². The summed E-state index contributed by atoms with van der Waals surface area (Å²) in [5.41, 5.74) is 2.56. The molecular weight excluding hydrogens is 346 g/mol. The third kappa shape index (κ3) is 5.84. The fourth-order valence-corrected chi connectivity index (χ4v) is 2.57. The van der Waals surface area contributed by atoms with Crippen LogP contribution in [0.25, 0.3) is 0 Å². The average molecular weight is 373 g/mol. The molecule has 0 bridgehead atoms. The van der Waals surface area contributed by atoms with Crippen LogP contribution in [0.4, 0.5) is 5.69 Å². The van der Waals surface area contributed by atoms with Gasteiger partial charge in [0.15, 0.2) is 6.61 Å². The summed E-state index contributed by atoms with van der Waals surface area (Å²) >= 11 is 0. The molecule has 0 spiro atoms. The van der Waals surface area contributed by atoms with E-state index in [0.717, 1.165) is 25.0 Å². The highest BCUT2D eigenvalue weighted by Gasteiger charge is 2.15. The first-order valence-corrected chi connectivity index (χ1v) is 9.12. The first-order chi connectivity index (χ1) is 12.9. The molecule has 0 fully saturated rings. The molecule has 2 aromatic rings. The van der Waals surface area contributed by atoms with E-state index in [2.05, 4.69) is 17.3 Å². The van der Waals surface area contributed by atoms with E-state index in [1.54, 1.807) is 42.9 Å². The lowest BCUT2D eigenvalue weighted by Crippen LogP contribution is -2.21. The van der Waals surface area contributed by atoms with Crippen molar-refractivity contribution >= 4 is 17.6 Å². The fraction of sp³-hybridized carbons (Fsp3) is 0.450. The molecule has 0 saturated carbocycles. The number of amides is 1. The summed E-state index contributed by atoms with van der Waals surface area (Å²) in [6.45, 7) is 6.10. The molecule has 1 aromatic heterocycles. The Morgan fingerprint density at radius 3 is 2.44 bits per heavy atom.